The van der Waals surface area contributed by atoms with Gasteiger partial charge in [-0.15, -0.1) is 0 Å². The highest BCUT2D eigenvalue weighted by Gasteiger charge is 2.59. The number of fused-ring (bicyclic) bond motifs is 4. The van der Waals surface area contributed by atoms with Gasteiger partial charge in [-0.2, -0.15) is 13.2 Å². The lowest BCUT2D eigenvalue weighted by Gasteiger charge is -2.34. The second-order valence-electron chi connectivity index (χ2n) is 11.6. The van der Waals surface area contributed by atoms with Gasteiger partial charge in [-0.05, 0) is 48.0 Å². The number of urea groups is 1. The smallest absolute Gasteiger partial charge is 0.416 e. The molecule has 0 spiro atoms. The monoisotopic (exact) mass is 610 g/mol. The lowest BCUT2D eigenvalue weighted by molar-refractivity contribution is -0.138. The third-order valence-electron chi connectivity index (χ3n) is 8.87. The number of pyridine rings is 1. The van der Waals surface area contributed by atoms with Gasteiger partial charge in [-0.3, -0.25) is 15.5 Å². The van der Waals surface area contributed by atoms with Crippen LogP contribution in [0.4, 0.5) is 23.8 Å². The van der Waals surface area contributed by atoms with Crippen LogP contribution in [0, 0.1) is 0 Å². The molecular formula is C31H33F3N6O4. The van der Waals surface area contributed by atoms with Crippen molar-refractivity contribution < 1.29 is 32.5 Å². The van der Waals surface area contributed by atoms with Crippen LogP contribution in [-0.2, 0) is 19.3 Å². The van der Waals surface area contributed by atoms with Crippen LogP contribution in [0.15, 0.2) is 48.7 Å². The number of halogens is 3. The minimum Gasteiger partial charge on any atom is -0.488 e. The number of likely N-dealkylation sites (N-methyl/N-ethyl adjacent to an activating group) is 1. The predicted molar refractivity (Wildman–Crippen MR) is 154 cm³/mol. The molecule has 1 saturated heterocycles. The van der Waals surface area contributed by atoms with Crippen LogP contribution in [0.25, 0.3) is 0 Å². The van der Waals surface area contributed by atoms with E-state index < -0.39 is 18.0 Å². The van der Waals surface area contributed by atoms with Crippen molar-refractivity contribution in [1.29, 1.82) is 0 Å². The van der Waals surface area contributed by atoms with Gasteiger partial charge in [0, 0.05) is 50.4 Å². The van der Waals surface area contributed by atoms with Crippen molar-refractivity contribution in [3.05, 3.63) is 76.5 Å². The van der Waals surface area contributed by atoms with E-state index in [1.165, 1.54) is 6.07 Å². The summed E-state index contributed by atoms with van der Waals surface area (Å²) >= 11 is 0. The largest absolute Gasteiger partial charge is 0.488 e. The quantitative estimate of drug-likeness (QED) is 0.282. The third-order valence-corrected chi connectivity index (χ3v) is 8.87. The van der Waals surface area contributed by atoms with Gasteiger partial charge in [-0.1, -0.05) is 19.1 Å². The molecule has 4 atom stereocenters. The van der Waals surface area contributed by atoms with Gasteiger partial charge in [0.15, 0.2) is 0 Å². The molecule has 2 aromatic carbocycles. The number of alkyl halides is 3. The zero-order chi connectivity index (χ0) is 30.6. The average molecular weight is 611 g/mol. The second kappa shape index (κ2) is 11.2. The Morgan fingerprint density at radius 1 is 1.14 bits per heavy atom. The summed E-state index contributed by atoms with van der Waals surface area (Å²) in [5.74, 6) is 2.16. The van der Waals surface area contributed by atoms with E-state index >= 15 is 0 Å². The maximum atomic E-state index is 14.1. The molecule has 7 rings (SSSR count). The number of aliphatic hydroxyl groups excluding tert-OH is 1. The molecular weight excluding hydrogens is 577 g/mol. The Balaban J connectivity index is 1.03. The number of hydrogen-bond acceptors (Lipinski definition) is 8. The molecule has 0 bridgehead atoms. The van der Waals surface area contributed by atoms with Crippen LogP contribution in [-0.4, -0.2) is 70.8 Å². The van der Waals surface area contributed by atoms with Crippen LogP contribution in [0.3, 0.4) is 0 Å². The highest BCUT2D eigenvalue weighted by Crippen LogP contribution is 2.55. The van der Waals surface area contributed by atoms with E-state index in [1.807, 2.05) is 17.0 Å². The molecule has 4 heterocycles. The van der Waals surface area contributed by atoms with Crippen molar-refractivity contribution in [2.24, 2.45) is 0 Å². The SMILES string of the molecule is CCN1CCN(Cc2ccc(C(O)NC3C4Oc5ccc(Oc6ccnc7c6CNC(=O)N7)cc5C34)cc2C(F)(F)F)CC1. The van der Waals surface area contributed by atoms with E-state index in [4.69, 9.17) is 9.47 Å². The third kappa shape index (κ3) is 5.56. The zero-order valence-electron chi connectivity index (χ0n) is 24.0. The molecule has 1 saturated carbocycles. The summed E-state index contributed by atoms with van der Waals surface area (Å²) in [5, 5.41) is 19.4. The van der Waals surface area contributed by atoms with Gasteiger partial charge < -0.3 is 24.8 Å². The fourth-order valence-corrected chi connectivity index (χ4v) is 6.35. The maximum Gasteiger partial charge on any atom is 0.416 e. The summed E-state index contributed by atoms with van der Waals surface area (Å²) in [6, 6.07) is 10.7. The second-order valence-corrected chi connectivity index (χ2v) is 11.6. The van der Waals surface area contributed by atoms with E-state index in [0.29, 0.717) is 23.1 Å². The molecule has 0 radical (unpaired) electrons. The molecule has 4 N–H and O–H groups in total. The molecule has 232 valence electrons. The molecule has 2 amide bonds. The first-order chi connectivity index (χ1) is 21.2. The summed E-state index contributed by atoms with van der Waals surface area (Å²) in [6.45, 7) is 6.62. The van der Waals surface area contributed by atoms with Gasteiger partial charge >= 0.3 is 12.2 Å². The van der Waals surface area contributed by atoms with Crippen molar-refractivity contribution in [2.75, 3.05) is 38.0 Å². The normalized spacial score (nSPS) is 23.5. The van der Waals surface area contributed by atoms with Crippen molar-refractivity contribution in [2.45, 2.75) is 50.5 Å². The highest BCUT2D eigenvalue weighted by atomic mass is 19.4. The number of amides is 2. The van der Waals surface area contributed by atoms with Crippen molar-refractivity contribution in [3.8, 4) is 17.2 Å². The summed E-state index contributed by atoms with van der Waals surface area (Å²) < 4.78 is 54.5. The minimum absolute atomic E-state index is 0.0846. The van der Waals surface area contributed by atoms with Crippen molar-refractivity contribution in [3.63, 3.8) is 0 Å². The summed E-state index contributed by atoms with van der Waals surface area (Å²) in [7, 11) is 0. The topological polar surface area (TPSA) is 111 Å². The lowest BCUT2D eigenvalue weighted by atomic mass is 10.0. The molecule has 3 aromatic rings. The number of anilines is 1. The molecule has 44 heavy (non-hydrogen) atoms. The van der Waals surface area contributed by atoms with E-state index in [1.54, 1.807) is 24.4 Å². The molecule has 1 aliphatic carbocycles. The summed E-state index contributed by atoms with van der Waals surface area (Å²) in [6.07, 6.45) is -4.53. The lowest BCUT2D eigenvalue weighted by Crippen LogP contribution is -2.45. The Labute approximate surface area is 252 Å². The minimum atomic E-state index is -4.54. The van der Waals surface area contributed by atoms with Crippen LogP contribution in [0.5, 0.6) is 17.2 Å². The number of rotatable bonds is 8. The number of aliphatic hydroxyl groups is 1. The van der Waals surface area contributed by atoms with Gasteiger partial charge in [0.25, 0.3) is 0 Å². The van der Waals surface area contributed by atoms with E-state index in [-0.39, 0.29) is 48.3 Å². The zero-order valence-corrected chi connectivity index (χ0v) is 24.0. The summed E-state index contributed by atoms with van der Waals surface area (Å²) in [4.78, 5) is 20.2. The number of ether oxygens (including phenoxy) is 2. The number of aromatic nitrogens is 1. The molecule has 1 aromatic heterocycles. The standard InChI is InChI=1S/C31H33F3N6O4/c1-2-39-9-11-40(12-10-39)16-18-4-3-17(13-22(18)31(32,33)34)29(41)37-26-25-20-14-19(5-6-23(20)44-27(25)26)43-24-7-8-35-28-21(24)15-36-30(42)38-28/h3-8,13-14,25-27,29,37,41H,2,9-12,15-16H2,1H3,(H2,35,36,38,42). The first-order valence-electron chi connectivity index (χ1n) is 14.8. The Kier molecular flexibility index (Phi) is 7.35. The summed E-state index contributed by atoms with van der Waals surface area (Å²) in [5.41, 5.74) is 1.25. The maximum absolute atomic E-state index is 14.1. The first kappa shape index (κ1) is 28.8. The molecule has 2 fully saturated rings. The van der Waals surface area contributed by atoms with Crippen LogP contribution >= 0.6 is 0 Å². The molecule has 4 aliphatic rings. The highest BCUT2D eigenvalue weighted by molar-refractivity contribution is 5.91. The van der Waals surface area contributed by atoms with Gasteiger partial charge in [0.1, 0.15) is 35.4 Å². The van der Waals surface area contributed by atoms with Gasteiger partial charge in [-0.25, -0.2) is 9.78 Å². The number of carbonyl (C=O) groups excluding carboxylic acids is 1. The van der Waals surface area contributed by atoms with Crippen molar-refractivity contribution >= 4 is 11.8 Å². The molecule has 4 unspecified atom stereocenters. The number of nitrogens with zero attached hydrogens (tertiary/aromatic N) is 3. The fourth-order valence-electron chi connectivity index (χ4n) is 6.35. The molecule has 13 heteroatoms. The predicted octanol–water partition coefficient (Wildman–Crippen LogP) is 4.17. The number of benzene rings is 2. The Bertz CT molecular complexity index is 1580. The first-order valence-corrected chi connectivity index (χ1v) is 14.8. The number of nitrogens with one attached hydrogen (secondary N) is 3. The van der Waals surface area contributed by atoms with Gasteiger partial charge in [0.2, 0.25) is 0 Å². The average Bonchev–Trinajstić information content (AvgIpc) is 3.53. The van der Waals surface area contributed by atoms with Crippen LogP contribution in [0.2, 0.25) is 0 Å². The van der Waals surface area contributed by atoms with Gasteiger partial charge in [0.05, 0.1) is 23.7 Å². The fraction of sp³-hybridized carbons (Fsp3) is 0.419. The van der Waals surface area contributed by atoms with Crippen LogP contribution < -0.4 is 25.4 Å². The van der Waals surface area contributed by atoms with E-state index in [2.05, 4.69) is 32.8 Å². The number of piperazine rings is 1. The van der Waals surface area contributed by atoms with Crippen molar-refractivity contribution in [1.82, 2.24) is 25.4 Å². The van der Waals surface area contributed by atoms with E-state index in [9.17, 15) is 23.1 Å². The Morgan fingerprint density at radius 3 is 2.70 bits per heavy atom. The Morgan fingerprint density at radius 2 is 1.93 bits per heavy atom. The molecule has 10 nitrogen and oxygen atoms in total. The number of hydrogen-bond donors (Lipinski definition) is 4. The Hall–Kier alpha value is -3.91. The number of carbonyl (C=O) groups is 1. The van der Waals surface area contributed by atoms with Crippen LogP contribution in [0.1, 0.15) is 46.9 Å². The molecule has 3 aliphatic heterocycles. The van der Waals surface area contributed by atoms with E-state index in [0.717, 1.165) is 49.9 Å².